The largest absolute Gasteiger partial charge is 0.382 e. The van der Waals surface area contributed by atoms with Crippen LogP contribution in [0.5, 0.6) is 0 Å². The van der Waals surface area contributed by atoms with Crippen LogP contribution in [-0.2, 0) is 24.8 Å². The number of ether oxygens (including phenoxy) is 1. The van der Waals surface area contributed by atoms with E-state index in [0.717, 1.165) is 56.4 Å². The predicted molar refractivity (Wildman–Crippen MR) is 99.4 cm³/mol. The van der Waals surface area contributed by atoms with Crippen molar-refractivity contribution in [2.24, 2.45) is 12.0 Å². The molecule has 0 amide bonds. The van der Waals surface area contributed by atoms with Gasteiger partial charge in [0.1, 0.15) is 0 Å². The Labute approximate surface area is 149 Å². The fourth-order valence-corrected chi connectivity index (χ4v) is 2.28. The van der Waals surface area contributed by atoms with E-state index < -0.39 is 0 Å². The SMILES string of the molecule is CCOCCCNC(=NCc1cnn(C)c1)NCCc1ccccn1. The normalized spacial score (nSPS) is 11.5. The molecular formula is C18H28N6O. The zero-order valence-electron chi connectivity index (χ0n) is 15.1. The summed E-state index contributed by atoms with van der Waals surface area (Å²) in [4.78, 5) is 8.98. The van der Waals surface area contributed by atoms with Crippen LogP contribution in [0.15, 0.2) is 41.8 Å². The minimum absolute atomic E-state index is 0.595. The van der Waals surface area contributed by atoms with Gasteiger partial charge in [0.2, 0.25) is 0 Å². The Morgan fingerprint density at radius 2 is 2.16 bits per heavy atom. The van der Waals surface area contributed by atoms with Gasteiger partial charge in [0, 0.05) is 63.4 Å². The molecule has 7 nitrogen and oxygen atoms in total. The zero-order chi connectivity index (χ0) is 17.7. The minimum atomic E-state index is 0.595. The summed E-state index contributed by atoms with van der Waals surface area (Å²) in [5, 5.41) is 10.9. The Morgan fingerprint density at radius 3 is 2.88 bits per heavy atom. The van der Waals surface area contributed by atoms with Gasteiger partial charge in [0.05, 0.1) is 12.7 Å². The van der Waals surface area contributed by atoms with E-state index in [4.69, 9.17) is 4.74 Å². The van der Waals surface area contributed by atoms with Crippen molar-refractivity contribution >= 4 is 5.96 Å². The number of hydrogen-bond acceptors (Lipinski definition) is 4. The summed E-state index contributed by atoms with van der Waals surface area (Å²) in [5.74, 6) is 0.802. The highest BCUT2D eigenvalue weighted by Crippen LogP contribution is 1.98. The molecule has 0 saturated heterocycles. The molecule has 0 aromatic carbocycles. The second-order valence-electron chi connectivity index (χ2n) is 5.66. The lowest BCUT2D eigenvalue weighted by Gasteiger charge is -2.12. The predicted octanol–water partition coefficient (Wildman–Crippen LogP) is 1.52. The molecule has 0 aliphatic rings. The fraction of sp³-hybridized carbons (Fsp3) is 0.500. The number of nitrogens with zero attached hydrogens (tertiary/aromatic N) is 4. The number of pyridine rings is 1. The quantitative estimate of drug-likeness (QED) is 0.388. The highest BCUT2D eigenvalue weighted by Gasteiger charge is 2.01. The van der Waals surface area contributed by atoms with Crippen molar-refractivity contribution in [1.29, 1.82) is 0 Å². The van der Waals surface area contributed by atoms with Gasteiger partial charge in [-0.3, -0.25) is 9.67 Å². The van der Waals surface area contributed by atoms with E-state index in [2.05, 4.69) is 25.7 Å². The number of hydrogen-bond donors (Lipinski definition) is 2. The Kier molecular flexibility index (Phi) is 8.48. The molecule has 0 aliphatic carbocycles. The molecule has 0 bridgehead atoms. The maximum Gasteiger partial charge on any atom is 0.191 e. The summed E-state index contributed by atoms with van der Waals surface area (Å²) in [6.45, 7) is 5.72. The molecule has 0 spiro atoms. The van der Waals surface area contributed by atoms with Crippen LogP contribution in [0.2, 0.25) is 0 Å². The summed E-state index contributed by atoms with van der Waals surface area (Å²) in [7, 11) is 1.91. The van der Waals surface area contributed by atoms with Crippen molar-refractivity contribution in [2.45, 2.75) is 26.3 Å². The van der Waals surface area contributed by atoms with Gasteiger partial charge in [0.15, 0.2) is 5.96 Å². The van der Waals surface area contributed by atoms with Crippen LogP contribution >= 0.6 is 0 Å². The molecule has 7 heteroatoms. The van der Waals surface area contributed by atoms with Crippen LogP contribution in [0.4, 0.5) is 0 Å². The molecule has 0 radical (unpaired) electrons. The number of aryl methyl sites for hydroxylation is 1. The number of aromatic nitrogens is 3. The molecule has 2 heterocycles. The van der Waals surface area contributed by atoms with Gasteiger partial charge < -0.3 is 15.4 Å². The standard InChI is InChI=1S/C18H28N6O/c1-3-25-12-6-10-20-18(22-13-16-14-23-24(2)15-16)21-11-8-17-7-4-5-9-19-17/h4-5,7,9,14-15H,3,6,8,10-13H2,1-2H3,(H2,20,21,22). The molecule has 0 aliphatic heterocycles. The topological polar surface area (TPSA) is 76.4 Å². The van der Waals surface area contributed by atoms with Gasteiger partial charge in [-0.05, 0) is 25.5 Å². The van der Waals surface area contributed by atoms with Crippen LogP contribution < -0.4 is 10.6 Å². The number of aliphatic imine (C=N–C) groups is 1. The summed E-state index contributed by atoms with van der Waals surface area (Å²) < 4.78 is 7.15. The molecular weight excluding hydrogens is 316 g/mol. The summed E-state index contributed by atoms with van der Waals surface area (Å²) >= 11 is 0. The molecule has 0 unspecified atom stereocenters. The van der Waals surface area contributed by atoms with Gasteiger partial charge in [-0.2, -0.15) is 5.10 Å². The van der Waals surface area contributed by atoms with Gasteiger partial charge in [-0.15, -0.1) is 0 Å². The van der Waals surface area contributed by atoms with E-state index in [1.165, 1.54) is 0 Å². The van der Waals surface area contributed by atoms with Crippen LogP contribution in [-0.4, -0.2) is 47.0 Å². The average molecular weight is 344 g/mol. The summed E-state index contributed by atoms with van der Waals surface area (Å²) in [6.07, 6.45) is 7.43. The van der Waals surface area contributed by atoms with Crippen LogP contribution in [0.1, 0.15) is 24.6 Å². The smallest absolute Gasteiger partial charge is 0.191 e. The fourth-order valence-electron chi connectivity index (χ4n) is 2.28. The summed E-state index contributed by atoms with van der Waals surface area (Å²) in [5.41, 5.74) is 2.15. The highest BCUT2D eigenvalue weighted by atomic mass is 16.5. The van der Waals surface area contributed by atoms with Crippen LogP contribution in [0.25, 0.3) is 0 Å². The second-order valence-corrected chi connectivity index (χ2v) is 5.66. The first-order chi connectivity index (χ1) is 12.3. The maximum atomic E-state index is 5.37. The van der Waals surface area contributed by atoms with Crippen molar-refractivity contribution < 1.29 is 4.74 Å². The molecule has 2 rings (SSSR count). The lowest BCUT2D eigenvalue weighted by molar-refractivity contribution is 0.145. The lowest BCUT2D eigenvalue weighted by Crippen LogP contribution is -2.39. The van der Waals surface area contributed by atoms with Gasteiger partial charge in [-0.1, -0.05) is 6.07 Å². The van der Waals surface area contributed by atoms with E-state index in [0.29, 0.717) is 6.54 Å². The third-order valence-electron chi connectivity index (χ3n) is 3.54. The third-order valence-corrected chi connectivity index (χ3v) is 3.54. The molecule has 0 saturated carbocycles. The Hall–Kier alpha value is -2.41. The van der Waals surface area contributed by atoms with Gasteiger partial charge >= 0.3 is 0 Å². The van der Waals surface area contributed by atoms with E-state index in [9.17, 15) is 0 Å². The van der Waals surface area contributed by atoms with Gasteiger partial charge in [-0.25, -0.2) is 4.99 Å². The first-order valence-corrected chi connectivity index (χ1v) is 8.75. The number of rotatable bonds is 10. The van der Waals surface area contributed by atoms with Crippen LogP contribution in [0.3, 0.4) is 0 Å². The summed E-state index contributed by atoms with van der Waals surface area (Å²) in [6, 6.07) is 5.97. The zero-order valence-corrected chi connectivity index (χ0v) is 15.1. The van der Waals surface area contributed by atoms with E-state index in [1.54, 1.807) is 4.68 Å². The maximum absolute atomic E-state index is 5.37. The van der Waals surface area contributed by atoms with Crippen molar-refractivity contribution in [3.05, 3.63) is 48.0 Å². The molecule has 0 fully saturated rings. The Balaban J connectivity index is 1.81. The van der Waals surface area contributed by atoms with Crippen molar-refractivity contribution in [2.75, 3.05) is 26.3 Å². The van der Waals surface area contributed by atoms with E-state index in [1.807, 2.05) is 50.8 Å². The van der Waals surface area contributed by atoms with Crippen molar-refractivity contribution in [3.8, 4) is 0 Å². The molecule has 2 N–H and O–H groups in total. The second kappa shape index (κ2) is 11.2. The third kappa shape index (κ3) is 7.80. The Morgan fingerprint density at radius 1 is 1.28 bits per heavy atom. The first kappa shape index (κ1) is 18.9. The minimum Gasteiger partial charge on any atom is -0.382 e. The van der Waals surface area contributed by atoms with Crippen LogP contribution in [0, 0.1) is 0 Å². The Bertz CT molecular complexity index is 626. The molecule has 0 atom stereocenters. The van der Waals surface area contributed by atoms with E-state index >= 15 is 0 Å². The lowest BCUT2D eigenvalue weighted by atomic mass is 10.3. The molecule has 2 aromatic rings. The highest BCUT2D eigenvalue weighted by molar-refractivity contribution is 5.79. The monoisotopic (exact) mass is 344 g/mol. The number of guanidine groups is 1. The van der Waals surface area contributed by atoms with Gasteiger partial charge in [0.25, 0.3) is 0 Å². The van der Waals surface area contributed by atoms with Crippen molar-refractivity contribution in [1.82, 2.24) is 25.4 Å². The molecule has 2 aromatic heterocycles. The average Bonchev–Trinajstić information content (AvgIpc) is 3.05. The number of nitrogens with one attached hydrogen (secondary N) is 2. The molecule has 25 heavy (non-hydrogen) atoms. The molecule has 136 valence electrons. The van der Waals surface area contributed by atoms with E-state index in [-0.39, 0.29) is 0 Å². The first-order valence-electron chi connectivity index (χ1n) is 8.75. The van der Waals surface area contributed by atoms with Crippen molar-refractivity contribution in [3.63, 3.8) is 0 Å².